The lowest BCUT2D eigenvalue weighted by Crippen LogP contribution is -2.34. The zero-order valence-corrected chi connectivity index (χ0v) is 11.1. The number of pyridine rings is 1. The van der Waals surface area contributed by atoms with Crippen molar-refractivity contribution in [2.75, 3.05) is 6.54 Å². The molecule has 3 nitrogen and oxygen atoms in total. The number of aromatic nitrogens is 1. The van der Waals surface area contributed by atoms with Gasteiger partial charge in [-0.2, -0.15) is 0 Å². The third-order valence-electron chi connectivity index (χ3n) is 4.28. The molecule has 100 valence electrons. The predicted molar refractivity (Wildman–Crippen MR) is 73.2 cm³/mol. The summed E-state index contributed by atoms with van der Waals surface area (Å²) < 4.78 is 0. The number of hydrogen-bond acceptors (Lipinski definition) is 3. The lowest BCUT2D eigenvalue weighted by molar-refractivity contribution is 0.0538. The molecule has 3 heteroatoms. The summed E-state index contributed by atoms with van der Waals surface area (Å²) in [5.41, 5.74) is 6.76. The van der Waals surface area contributed by atoms with Gasteiger partial charge in [-0.1, -0.05) is 25.8 Å². The molecule has 1 aliphatic rings. The van der Waals surface area contributed by atoms with E-state index in [9.17, 15) is 5.11 Å². The Labute approximate surface area is 109 Å². The van der Waals surface area contributed by atoms with Gasteiger partial charge in [-0.15, -0.1) is 0 Å². The van der Waals surface area contributed by atoms with Crippen LogP contribution in [-0.2, 0) is 0 Å². The standard InChI is InChI=1S/C15H24N2O/c1-11-5-7-12(8-6-11)15(18)13(10-16)14-4-2-3-9-17-14/h2-4,9,11-13,15,18H,5-8,10,16H2,1H3. The smallest absolute Gasteiger partial charge is 0.0664 e. The van der Waals surface area contributed by atoms with E-state index in [1.807, 2.05) is 18.2 Å². The molecule has 0 spiro atoms. The van der Waals surface area contributed by atoms with Crippen LogP contribution in [0.2, 0.25) is 0 Å². The quantitative estimate of drug-likeness (QED) is 0.859. The van der Waals surface area contributed by atoms with E-state index in [0.717, 1.165) is 24.5 Å². The van der Waals surface area contributed by atoms with Gasteiger partial charge >= 0.3 is 0 Å². The summed E-state index contributed by atoms with van der Waals surface area (Å²) >= 11 is 0. The molecule has 1 aromatic heterocycles. The molecule has 1 heterocycles. The van der Waals surface area contributed by atoms with Crippen molar-refractivity contribution in [3.63, 3.8) is 0 Å². The normalized spacial score (nSPS) is 27.7. The summed E-state index contributed by atoms with van der Waals surface area (Å²) in [5, 5.41) is 10.6. The van der Waals surface area contributed by atoms with Gasteiger partial charge < -0.3 is 10.8 Å². The molecule has 0 bridgehead atoms. The molecule has 2 rings (SSSR count). The number of nitrogens with zero attached hydrogens (tertiary/aromatic N) is 1. The van der Waals surface area contributed by atoms with Crippen molar-refractivity contribution in [2.45, 2.75) is 44.6 Å². The van der Waals surface area contributed by atoms with E-state index in [0.29, 0.717) is 12.5 Å². The summed E-state index contributed by atoms with van der Waals surface area (Å²) in [6, 6.07) is 5.82. The monoisotopic (exact) mass is 248 g/mol. The minimum Gasteiger partial charge on any atom is -0.392 e. The first-order valence-electron chi connectivity index (χ1n) is 7.01. The average Bonchev–Trinajstić information content (AvgIpc) is 2.41. The molecule has 0 aliphatic heterocycles. The van der Waals surface area contributed by atoms with Gasteiger partial charge in [0.25, 0.3) is 0 Å². The third-order valence-corrected chi connectivity index (χ3v) is 4.28. The summed E-state index contributed by atoms with van der Waals surface area (Å²) in [7, 11) is 0. The molecular formula is C15H24N2O. The van der Waals surface area contributed by atoms with E-state index in [1.54, 1.807) is 6.20 Å². The summed E-state index contributed by atoms with van der Waals surface area (Å²) in [6.45, 7) is 2.76. The Kier molecular flexibility index (Phi) is 4.72. The fourth-order valence-electron chi connectivity index (χ4n) is 2.99. The van der Waals surface area contributed by atoms with Crippen molar-refractivity contribution in [3.8, 4) is 0 Å². The van der Waals surface area contributed by atoms with Crippen molar-refractivity contribution in [2.24, 2.45) is 17.6 Å². The molecule has 2 unspecified atom stereocenters. The van der Waals surface area contributed by atoms with Gasteiger partial charge in [0.05, 0.1) is 6.10 Å². The molecule has 0 saturated heterocycles. The second kappa shape index (κ2) is 6.30. The average molecular weight is 248 g/mol. The molecule has 18 heavy (non-hydrogen) atoms. The molecule has 3 N–H and O–H groups in total. The second-order valence-electron chi connectivity index (χ2n) is 5.61. The van der Waals surface area contributed by atoms with Crippen LogP contribution >= 0.6 is 0 Å². The van der Waals surface area contributed by atoms with Crippen molar-refractivity contribution in [1.82, 2.24) is 4.98 Å². The van der Waals surface area contributed by atoms with Gasteiger partial charge in [0, 0.05) is 24.4 Å². The fourth-order valence-corrected chi connectivity index (χ4v) is 2.99. The van der Waals surface area contributed by atoms with Crippen LogP contribution in [-0.4, -0.2) is 22.7 Å². The first-order valence-corrected chi connectivity index (χ1v) is 7.01. The Morgan fingerprint density at radius 1 is 1.33 bits per heavy atom. The number of aliphatic hydroxyl groups is 1. The van der Waals surface area contributed by atoms with Gasteiger partial charge in [0.2, 0.25) is 0 Å². The molecule has 1 fully saturated rings. The lowest BCUT2D eigenvalue weighted by Gasteiger charge is -2.33. The van der Waals surface area contributed by atoms with Crippen LogP contribution < -0.4 is 5.73 Å². The Balaban J connectivity index is 2.04. The van der Waals surface area contributed by atoms with Crippen LogP contribution in [0.25, 0.3) is 0 Å². The van der Waals surface area contributed by atoms with Crippen LogP contribution in [0.15, 0.2) is 24.4 Å². The first kappa shape index (κ1) is 13.5. The Morgan fingerprint density at radius 3 is 2.61 bits per heavy atom. The highest BCUT2D eigenvalue weighted by molar-refractivity contribution is 5.12. The van der Waals surface area contributed by atoms with Gasteiger partial charge in [0.1, 0.15) is 0 Å². The van der Waals surface area contributed by atoms with Crippen LogP contribution in [0.3, 0.4) is 0 Å². The Bertz CT molecular complexity index is 347. The van der Waals surface area contributed by atoms with Gasteiger partial charge in [-0.05, 0) is 36.8 Å². The second-order valence-corrected chi connectivity index (χ2v) is 5.61. The minimum atomic E-state index is -0.350. The van der Waals surface area contributed by atoms with Crippen LogP contribution in [0.5, 0.6) is 0 Å². The van der Waals surface area contributed by atoms with Crippen molar-refractivity contribution < 1.29 is 5.11 Å². The first-order chi connectivity index (χ1) is 8.72. The van der Waals surface area contributed by atoms with E-state index in [1.165, 1.54) is 12.8 Å². The van der Waals surface area contributed by atoms with E-state index in [4.69, 9.17) is 5.73 Å². The van der Waals surface area contributed by atoms with E-state index in [2.05, 4.69) is 11.9 Å². The number of hydrogen-bond donors (Lipinski definition) is 2. The molecule has 2 atom stereocenters. The number of nitrogens with two attached hydrogens (primary N) is 1. The maximum Gasteiger partial charge on any atom is 0.0664 e. The van der Waals surface area contributed by atoms with Crippen LogP contribution in [0, 0.1) is 11.8 Å². The molecule has 1 aliphatic carbocycles. The Morgan fingerprint density at radius 2 is 2.06 bits per heavy atom. The van der Waals surface area contributed by atoms with E-state index >= 15 is 0 Å². The maximum absolute atomic E-state index is 10.6. The summed E-state index contributed by atoms with van der Waals surface area (Å²) in [5.74, 6) is 1.17. The zero-order chi connectivity index (χ0) is 13.0. The zero-order valence-electron chi connectivity index (χ0n) is 11.1. The fraction of sp³-hybridized carbons (Fsp3) is 0.667. The summed E-state index contributed by atoms with van der Waals surface area (Å²) in [4.78, 5) is 4.34. The highest BCUT2D eigenvalue weighted by Crippen LogP contribution is 2.34. The number of rotatable bonds is 4. The molecule has 1 aromatic rings. The topological polar surface area (TPSA) is 59.1 Å². The largest absolute Gasteiger partial charge is 0.392 e. The molecule has 0 radical (unpaired) electrons. The highest BCUT2D eigenvalue weighted by atomic mass is 16.3. The van der Waals surface area contributed by atoms with Gasteiger partial charge in [-0.3, -0.25) is 4.98 Å². The van der Waals surface area contributed by atoms with Crippen molar-refractivity contribution in [3.05, 3.63) is 30.1 Å². The van der Waals surface area contributed by atoms with E-state index in [-0.39, 0.29) is 12.0 Å². The molecule has 0 amide bonds. The Hall–Kier alpha value is -0.930. The van der Waals surface area contributed by atoms with Gasteiger partial charge in [0.15, 0.2) is 0 Å². The highest BCUT2D eigenvalue weighted by Gasteiger charge is 2.31. The lowest BCUT2D eigenvalue weighted by atomic mass is 9.76. The summed E-state index contributed by atoms with van der Waals surface area (Å²) in [6.07, 6.45) is 6.10. The predicted octanol–water partition coefficient (Wildman–Crippen LogP) is 2.31. The van der Waals surface area contributed by atoms with Gasteiger partial charge in [-0.25, -0.2) is 0 Å². The van der Waals surface area contributed by atoms with Crippen molar-refractivity contribution >= 4 is 0 Å². The molecular weight excluding hydrogens is 224 g/mol. The third kappa shape index (κ3) is 3.09. The maximum atomic E-state index is 10.6. The minimum absolute atomic E-state index is 0.0235. The van der Waals surface area contributed by atoms with E-state index < -0.39 is 0 Å². The molecule has 1 saturated carbocycles. The SMILES string of the molecule is CC1CCC(C(O)C(CN)c2ccccn2)CC1. The number of aliphatic hydroxyl groups excluding tert-OH is 1. The molecule has 0 aromatic carbocycles. The van der Waals surface area contributed by atoms with Crippen molar-refractivity contribution in [1.29, 1.82) is 0 Å². The van der Waals surface area contributed by atoms with Crippen LogP contribution in [0.4, 0.5) is 0 Å². The van der Waals surface area contributed by atoms with Crippen LogP contribution in [0.1, 0.15) is 44.2 Å².